The summed E-state index contributed by atoms with van der Waals surface area (Å²) in [7, 11) is 1.58. The molecule has 1 rings (SSSR count). The molecule has 0 amide bonds. The number of halogens is 2. The molecular weight excluding hydrogens is 308 g/mol. The smallest absolute Gasteiger partial charge is 0.409 e. The van der Waals surface area contributed by atoms with Crippen molar-refractivity contribution >= 4 is 29.7 Å². The van der Waals surface area contributed by atoms with Crippen LogP contribution in [0, 0.1) is 0 Å². The average molecular weight is 326 g/mol. The summed E-state index contributed by atoms with van der Waals surface area (Å²) in [6, 6.07) is 6.48. The van der Waals surface area contributed by atoms with Crippen LogP contribution in [-0.4, -0.2) is 18.8 Å². The van der Waals surface area contributed by atoms with Crippen molar-refractivity contribution in [1.82, 2.24) is 5.09 Å². The standard InChI is InChI=1S/C12H18Cl2NO3P/c1-9(17-4)12(2,3)15-19(14,16)18-11-7-5-10(13)6-8-11/h5-9H,1-4H3,(H,15,16). The Morgan fingerprint density at radius 2 is 1.84 bits per heavy atom. The number of benzene rings is 1. The molecule has 0 fully saturated rings. The molecule has 0 bridgehead atoms. The van der Waals surface area contributed by atoms with E-state index in [4.69, 9.17) is 32.1 Å². The molecule has 1 N–H and O–H groups in total. The fourth-order valence-corrected chi connectivity index (χ4v) is 3.71. The van der Waals surface area contributed by atoms with Gasteiger partial charge < -0.3 is 9.26 Å². The first-order valence-electron chi connectivity index (χ1n) is 5.73. The van der Waals surface area contributed by atoms with Gasteiger partial charge in [0.15, 0.2) is 0 Å². The van der Waals surface area contributed by atoms with Crippen LogP contribution in [0.4, 0.5) is 0 Å². The molecule has 1 aromatic rings. The van der Waals surface area contributed by atoms with E-state index in [0.717, 1.165) is 0 Å². The molecule has 19 heavy (non-hydrogen) atoms. The van der Waals surface area contributed by atoms with Crippen molar-refractivity contribution in [3.63, 3.8) is 0 Å². The maximum absolute atomic E-state index is 12.2. The molecule has 0 heterocycles. The van der Waals surface area contributed by atoms with Gasteiger partial charge in [0.25, 0.3) is 0 Å². The van der Waals surface area contributed by atoms with Crippen LogP contribution in [0.5, 0.6) is 5.75 Å². The Morgan fingerprint density at radius 3 is 2.32 bits per heavy atom. The van der Waals surface area contributed by atoms with Crippen molar-refractivity contribution in [2.75, 3.05) is 7.11 Å². The summed E-state index contributed by atoms with van der Waals surface area (Å²) in [6.07, 6.45) is -0.187. The number of hydrogen-bond donors (Lipinski definition) is 1. The van der Waals surface area contributed by atoms with E-state index < -0.39 is 12.4 Å². The summed E-state index contributed by atoms with van der Waals surface area (Å²) in [4.78, 5) is 0. The molecule has 0 radical (unpaired) electrons. The van der Waals surface area contributed by atoms with Gasteiger partial charge >= 0.3 is 6.87 Å². The molecule has 108 valence electrons. The third-order valence-electron chi connectivity index (χ3n) is 2.83. The zero-order chi connectivity index (χ0) is 14.7. The van der Waals surface area contributed by atoms with Crippen LogP contribution in [0.25, 0.3) is 0 Å². The predicted octanol–water partition coefficient (Wildman–Crippen LogP) is 4.47. The molecule has 1 aromatic carbocycles. The Labute approximate surface area is 123 Å². The number of rotatable bonds is 6. The van der Waals surface area contributed by atoms with Gasteiger partial charge in [-0.1, -0.05) is 11.6 Å². The van der Waals surface area contributed by atoms with Gasteiger partial charge in [-0.2, -0.15) is 0 Å². The average Bonchev–Trinajstić information content (AvgIpc) is 2.29. The summed E-state index contributed by atoms with van der Waals surface area (Å²) >= 11 is 11.7. The molecule has 2 atom stereocenters. The van der Waals surface area contributed by atoms with Gasteiger partial charge in [0, 0.05) is 28.9 Å². The number of ether oxygens (including phenoxy) is 1. The van der Waals surface area contributed by atoms with E-state index in [1.165, 1.54) is 0 Å². The van der Waals surface area contributed by atoms with E-state index in [-0.39, 0.29) is 6.10 Å². The van der Waals surface area contributed by atoms with Gasteiger partial charge in [-0.25, -0.2) is 9.65 Å². The first-order chi connectivity index (χ1) is 8.66. The van der Waals surface area contributed by atoms with Crippen molar-refractivity contribution in [3.05, 3.63) is 29.3 Å². The third kappa shape index (κ3) is 5.33. The summed E-state index contributed by atoms with van der Waals surface area (Å²) in [5, 5.41) is 3.35. The van der Waals surface area contributed by atoms with E-state index in [0.29, 0.717) is 10.8 Å². The quantitative estimate of drug-likeness (QED) is 0.784. The topological polar surface area (TPSA) is 47.6 Å². The predicted molar refractivity (Wildman–Crippen MR) is 79.2 cm³/mol. The van der Waals surface area contributed by atoms with Gasteiger partial charge in [0.1, 0.15) is 5.75 Å². The van der Waals surface area contributed by atoms with E-state index in [1.807, 2.05) is 20.8 Å². The molecule has 0 spiro atoms. The van der Waals surface area contributed by atoms with E-state index in [9.17, 15) is 4.57 Å². The third-order valence-corrected chi connectivity index (χ3v) is 4.83. The highest BCUT2D eigenvalue weighted by Crippen LogP contribution is 2.50. The van der Waals surface area contributed by atoms with Crippen LogP contribution in [0.15, 0.2) is 24.3 Å². The maximum Gasteiger partial charge on any atom is 0.409 e. The second kappa shape index (κ2) is 6.47. The summed E-state index contributed by atoms with van der Waals surface area (Å²) < 4.78 is 22.7. The lowest BCUT2D eigenvalue weighted by Gasteiger charge is -2.33. The van der Waals surface area contributed by atoms with Gasteiger partial charge in [0.05, 0.1) is 6.10 Å². The van der Waals surface area contributed by atoms with Crippen molar-refractivity contribution in [3.8, 4) is 5.75 Å². The minimum Gasteiger partial charge on any atom is -0.422 e. The fraction of sp³-hybridized carbons (Fsp3) is 0.500. The Bertz CT molecular complexity index is 465. The number of methoxy groups -OCH3 is 1. The van der Waals surface area contributed by atoms with Crippen LogP contribution in [0.2, 0.25) is 5.02 Å². The van der Waals surface area contributed by atoms with Crippen LogP contribution < -0.4 is 9.61 Å². The van der Waals surface area contributed by atoms with Crippen LogP contribution >= 0.6 is 29.7 Å². The zero-order valence-electron chi connectivity index (χ0n) is 11.3. The molecule has 2 unspecified atom stereocenters. The van der Waals surface area contributed by atoms with Gasteiger partial charge in [0.2, 0.25) is 0 Å². The molecule has 4 nitrogen and oxygen atoms in total. The highest BCUT2D eigenvalue weighted by atomic mass is 35.7. The summed E-state index contributed by atoms with van der Waals surface area (Å²) in [5.41, 5.74) is -0.599. The lowest BCUT2D eigenvalue weighted by atomic mass is 10.0. The van der Waals surface area contributed by atoms with Gasteiger partial charge in [-0.3, -0.25) is 0 Å². The Balaban J connectivity index is 2.76. The second-order valence-corrected chi connectivity index (χ2v) is 7.87. The first-order valence-corrected chi connectivity index (χ1v) is 8.64. The molecule has 0 saturated carbocycles. The Kier molecular flexibility index (Phi) is 5.72. The lowest BCUT2D eigenvalue weighted by molar-refractivity contribution is 0.0561. The van der Waals surface area contributed by atoms with Crippen molar-refractivity contribution in [1.29, 1.82) is 0 Å². The molecular formula is C12H18Cl2NO3P. The highest BCUT2D eigenvalue weighted by molar-refractivity contribution is 7.84. The van der Waals surface area contributed by atoms with Gasteiger partial charge in [-0.05, 0) is 45.0 Å². The SMILES string of the molecule is COC(C)C(C)(C)NP(=O)(Cl)Oc1ccc(Cl)cc1. The highest BCUT2D eigenvalue weighted by Gasteiger charge is 2.35. The van der Waals surface area contributed by atoms with Crippen molar-refractivity contribution in [2.45, 2.75) is 32.4 Å². The lowest BCUT2D eigenvalue weighted by Crippen LogP contribution is -2.47. The molecule has 0 aliphatic heterocycles. The van der Waals surface area contributed by atoms with E-state index >= 15 is 0 Å². The van der Waals surface area contributed by atoms with Crippen LogP contribution in [0.3, 0.4) is 0 Å². The second-order valence-electron chi connectivity index (χ2n) is 4.74. The van der Waals surface area contributed by atoms with Crippen LogP contribution in [-0.2, 0) is 9.30 Å². The van der Waals surface area contributed by atoms with E-state index in [1.54, 1.807) is 31.4 Å². The summed E-state index contributed by atoms with van der Waals surface area (Å²) in [6.45, 7) is 2.00. The van der Waals surface area contributed by atoms with E-state index in [2.05, 4.69) is 5.09 Å². The summed E-state index contributed by atoms with van der Waals surface area (Å²) in [5.74, 6) is 0.385. The van der Waals surface area contributed by atoms with Crippen LogP contribution in [0.1, 0.15) is 20.8 Å². The maximum atomic E-state index is 12.2. The Hall–Kier alpha value is -0.250. The van der Waals surface area contributed by atoms with Crippen molar-refractivity contribution < 1.29 is 13.8 Å². The largest absolute Gasteiger partial charge is 0.422 e. The minimum absolute atomic E-state index is 0.187. The normalized spacial score (nSPS) is 16.7. The minimum atomic E-state index is -3.52. The Morgan fingerprint density at radius 1 is 1.32 bits per heavy atom. The van der Waals surface area contributed by atoms with Gasteiger partial charge in [-0.15, -0.1) is 0 Å². The first kappa shape index (κ1) is 16.8. The molecule has 0 aliphatic carbocycles. The number of nitrogens with one attached hydrogen (secondary N) is 1. The number of hydrogen-bond acceptors (Lipinski definition) is 3. The van der Waals surface area contributed by atoms with Crippen molar-refractivity contribution in [2.24, 2.45) is 0 Å². The zero-order valence-corrected chi connectivity index (χ0v) is 13.7. The monoisotopic (exact) mass is 325 g/mol. The molecule has 0 aliphatic rings. The molecule has 7 heteroatoms. The molecule has 0 saturated heterocycles. The fourth-order valence-electron chi connectivity index (χ4n) is 1.38. The molecule has 0 aromatic heterocycles.